The molecule has 1 aromatic heterocycles. The third-order valence-corrected chi connectivity index (χ3v) is 4.64. The van der Waals surface area contributed by atoms with Crippen molar-refractivity contribution in [2.24, 2.45) is 0 Å². The Morgan fingerprint density at radius 3 is 2.66 bits per heavy atom. The molecule has 3 rings (SSSR count). The van der Waals surface area contributed by atoms with E-state index >= 15 is 0 Å². The summed E-state index contributed by atoms with van der Waals surface area (Å²) in [6.45, 7) is 0.411. The van der Waals surface area contributed by atoms with Gasteiger partial charge >= 0.3 is 0 Å². The number of aromatic hydroxyl groups is 1. The van der Waals surface area contributed by atoms with E-state index in [4.69, 9.17) is 5.11 Å². The number of pyridine rings is 1. The number of halogens is 2. The van der Waals surface area contributed by atoms with Gasteiger partial charge in [-0.25, -0.2) is 8.78 Å². The van der Waals surface area contributed by atoms with Crippen molar-refractivity contribution in [3.05, 3.63) is 63.1 Å². The highest BCUT2D eigenvalue weighted by Crippen LogP contribution is 2.20. The maximum Gasteiger partial charge on any atom is 0.274 e. The SMILES string of the molecule is O=C(NCc1ccc(F)cc1F)c1cn2c(c(O)c1=O)C(=O)N(CCCO)CC2. The fourth-order valence-electron chi connectivity index (χ4n) is 3.10. The smallest absolute Gasteiger partial charge is 0.274 e. The average molecular weight is 407 g/mol. The Balaban J connectivity index is 1.82. The van der Waals surface area contributed by atoms with Crippen molar-refractivity contribution in [1.29, 1.82) is 0 Å². The highest BCUT2D eigenvalue weighted by molar-refractivity contribution is 5.99. The normalized spacial score (nSPS) is 13.3. The molecule has 8 nitrogen and oxygen atoms in total. The first kappa shape index (κ1) is 20.5. The predicted molar refractivity (Wildman–Crippen MR) is 97.5 cm³/mol. The van der Waals surface area contributed by atoms with Crippen molar-refractivity contribution < 1.29 is 28.6 Å². The molecular formula is C19H19F2N3O5. The molecule has 0 atom stereocenters. The minimum Gasteiger partial charge on any atom is -0.503 e. The maximum absolute atomic E-state index is 13.7. The number of benzene rings is 1. The van der Waals surface area contributed by atoms with Crippen LogP contribution in [0.4, 0.5) is 8.78 Å². The van der Waals surface area contributed by atoms with Crippen LogP contribution >= 0.6 is 0 Å². The molecule has 0 radical (unpaired) electrons. The lowest BCUT2D eigenvalue weighted by Gasteiger charge is -2.30. The van der Waals surface area contributed by atoms with E-state index in [1.165, 1.54) is 21.7 Å². The van der Waals surface area contributed by atoms with Crippen LogP contribution in [0, 0.1) is 11.6 Å². The first-order valence-electron chi connectivity index (χ1n) is 8.92. The second-order valence-electron chi connectivity index (χ2n) is 6.55. The summed E-state index contributed by atoms with van der Waals surface area (Å²) < 4.78 is 28.0. The molecule has 0 saturated carbocycles. The Labute approximate surface area is 164 Å². The standard InChI is InChI=1S/C19H19F2N3O5/c20-12-3-2-11(14(21)8-12)9-22-18(28)13-10-24-6-5-23(4-1-7-25)19(29)15(24)17(27)16(13)26/h2-3,8,10,25,27H,1,4-7,9H2,(H,22,28). The molecule has 1 aliphatic heterocycles. The van der Waals surface area contributed by atoms with Crippen molar-refractivity contribution in [3.8, 4) is 5.75 Å². The van der Waals surface area contributed by atoms with E-state index in [0.29, 0.717) is 12.5 Å². The van der Waals surface area contributed by atoms with Gasteiger partial charge in [0, 0.05) is 50.6 Å². The zero-order chi connectivity index (χ0) is 21.1. The minimum absolute atomic E-state index is 0.0248. The number of nitrogens with one attached hydrogen (secondary N) is 1. The topological polar surface area (TPSA) is 112 Å². The van der Waals surface area contributed by atoms with Crippen LogP contribution in [0.25, 0.3) is 0 Å². The first-order chi connectivity index (χ1) is 13.8. The van der Waals surface area contributed by atoms with E-state index in [1.807, 2.05) is 0 Å². The van der Waals surface area contributed by atoms with Crippen LogP contribution in [0.2, 0.25) is 0 Å². The highest BCUT2D eigenvalue weighted by atomic mass is 19.1. The van der Waals surface area contributed by atoms with Gasteiger partial charge in [-0.1, -0.05) is 6.07 Å². The summed E-state index contributed by atoms with van der Waals surface area (Å²) in [5.41, 5.74) is -1.62. The average Bonchev–Trinajstić information content (AvgIpc) is 2.69. The molecule has 3 N–H and O–H groups in total. The molecule has 0 spiro atoms. The largest absolute Gasteiger partial charge is 0.503 e. The van der Waals surface area contributed by atoms with Gasteiger partial charge < -0.3 is 25.0 Å². The van der Waals surface area contributed by atoms with Crippen LogP contribution in [0.5, 0.6) is 5.75 Å². The molecule has 0 fully saturated rings. The molecule has 1 aliphatic rings. The summed E-state index contributed by atoms with van der Waals surface area (Å²) in [4.78, 5) is 38.7. The zero-order valence-electron chi connectivity index (χ0n) is 15.3. The van der Waals surface area contributed by atoms with Gasteiger partial charge in [0.1, 0.15) is 17.2 Å². The molecule has 1 aromatic carbocycles. The van der Waals surface area contributed by atoms with E-state index in [2.05, 4.69) is 5.32 Å². The van der Waals surface area contributed by atoms with Crippen LogP contribution in [-0.4, -0.2) is 51.2 Å². The van der Waals surface area contributed by atoms with Gasteiger partial charge in [-0.2, -0.15) is 0 Å². The maximum atomic E-state index is 13.7. The number of carbonyl (C=O) groups excluding carboxylic acids is 2. The van der Waals surface area contributed by atoms with E-state index in [0.717, 1.165) is 6.07 Å². The number of aliphatic hydroxyl groups is 1. The summed E-state index contributed by atoms with van der Waals surface area (Å²) >= 11 is 0. The number of carbonyl (C=O) groups is 2. The number of hydrogen-bond donors (Lipinski definition) is 3. The van der Waals surface area contributed by atoms with Crippen LogP contribution in [0.1, 0.15) is 32.8 Å². The number of aliphatic hydroxyl groups excluding tert-OH is 1. The van der Waals surface area contributed by atoms with Crippen LogP contribution in [-0.2, 0) is 13.1 Å². The third-order valence-electron chi connectivity index (χ3n) is 4.64. The summed E-state index contributed by atoms with van der Waals surface area (Å²) in [6.07, 6.45) is 1.53. The van der Waals surface area contributed by atoms with Crippen molar-refractivity contribution in [2.45, 2.75) is 19.5 Å². The Bertz CT molecular complexity index is 1020. The molecule has 29 heavy (non-hydrogen) atoms. The Morgan fingerprint density at radius 1 is 1.21 bits per heavy atom. The number of aromatic nitrogens is 1. The fourth-order valence-corrected chi connectivity index (χ4v) is 3.10. The van der Waals surface area contributed by atoms with Gasteiger partial charge in [0.05, 0.1) is 0 Å². The summed E-state index contributed by atoms with van der Waals surface area (Å²) in [5, 5.41) is 21.5. The van der Waals surface area contributed by atoms with Gasteiger partial charge in [0.15, 0.2) is 11.4 Å². The van der Waals surface area contributed by atoms with Crippen LogP contribution in [0.3, 0.4) is 0 Å². The summed E-state index contributed by atoms with van der Waals surface area (Å²) in [5.74, 6) is -3.87. The number of hydrogen-bond acceptors (Lipinski definition) is 5. The number of amides is 2. The third kappa shape index (κ3) is 4.11. The highest BCUT2D eigenvalue weighted by Gasteiger charge is 2.30. The van der Waals surface area contributed by atoms with Crippen molar-refractivity contribution in [1.82, 2.24) is 14.8 Å². The molecule has 2 aromatic rings. The molecule has 0 saturated heterocycles. The lowest BCUT2D eigenvalue weighted by atomic mass is 10.1. The summed E-state index contributed by atoms with van der Waals surface area (Å²) in [6, 6.07) is 2.88. The zero-order valence-corrected chi connectivity index (χ0v) is 15.3. The molecule has 154 valence electrons. The van der Waals surface area contributed by atoms with Crippen LogP contribution < -0.4 is 10.7 Å². The molecule has 2 heterocycles. The fraction of sp³-hybridized carbons (Fsp3) is 0.316. The molecule has 2 amide bonds. The Kier molecular flexibility index (Phi) is 5.92. The molecule has 0 unspecified atom stereocenters. The second-order valence-corrected chi connectivity index (χ2v) is 6.55. The molecule has 0 bridgehead atoms. The van der Waals surface area contributed by atoms with E-state index < -0.39 is 40.2 Å². The Morgan fingerprint density at radius 2 is 1.97 bits per heavy atom. The Hall–Kier alpha value is -3.27. The number of rotatable bonds is 6. The molecule has 0 aliphatic carbocycles. The predicted octanol–water partition coefficient (Wildman–Crippen LogP) is 0.600. The molecular weight excluding hydrogens is 388 g/mol. The number of nitrogens with zero attached hydrogens (tertiary/aromatic N) is 2. The van der Waals surface area contributed by atoms with Crippen molar-refractivity contribution in [2.75, 3.05) is 19.7 Å². The van der Waals surface area contributed by atoms with Crippen molar-refractivity contribution in [3.63, 3.8) is 0 Å². The monoisotopic (exact) mass is 407 g/mol. The first-order valence-corrected chi connectivity index (χ1v) is 8.92. The van der Waals surface area contributed by atoms with E-state index in [1.54, 1.807) is 0 Å². The van der Waals surface area contributed by atoms with Gasteiger partial charge in [0.25, 0.3) is 11.8 Å². The van der Waals surface area contributed by atoms with Gasteiger partial charge in [-0.15, -0.1) is 0 Å². The van der Waals surface area contributed by atoms with Crippen molar-refractivity contribution >= 4 is 11.8 Å². The number of fused-ring (bicyclic) bond motifs is 1. The van der Waals surface area contributed by atoms with Crippen LogP contribution in [0.15, 0.2) is 29.2 Å². The van der Waals surface area contributed by atoms with Gasteiger partial charge in [-0.3, -0.25) is 14.4 Å². The molecule has 10 heteroatoms. The second kappa shape index (κ2) is 8.39. The minimum atomic E-state index is -1.02. The van der Waals surface area contributed by atoms with Gasteiger partial charge in [-0.05, 0) is 12.5 Å². The van der Waals surface area contributed by atoms with E-state index in [9.17, 15) is 28.3 Å². The summed E-state index contributed by atoms with van der Waals surface area (Å²) in [7, 11) is 0. The lowest BCUT2D eigenvalue weighted by molar-refractivity contribution is 0.0684. The van der Waals surface area contributed by atoms with Gasteiger partial charge in [0.2, 0.25) is 5.43 Å². The van der Waals surface area contributed by atoms with E-state index in [-0.39, 0.29) is 44.0 Å². The lowest BCUT2D eigenvalue weighted by Crippen LogP contribution is -2.43. The quantitative estimate of drug-likeness (QED) is 0.649.